The Morgan fingerprint density at radius 1 is 1.11 bits per heavy atom. The SMILES string of the molecule is CCCN(CCN(C)C)c1cncc(NCC)c1. The molecule has 0 radical (unpaired) electrons. The van der Waals surface area contributed by atoms with Gasteiger partial charge in [0.25, 0.3) is 0 Å². The fourth-order valence-corrected chi connectivity index (χ4v) is 1.86. The molecule has 0 bridgehead atoms. The van der Waals surface area contributed by atoms with Crippen LogP contribution < -0.4 is 10.2 Å². The molecule has 0 saturated heterocycles. The normalized spacial score (nSPS) is 10.7. The van der Waals surface area contributed by atoms with Crippen molar-refractivity contribution < 1.29 is 0 Å². The summed E-state index contributed by atoms with van der Waals surface area (Å²) in [4.78, 5) is 8.92. The number of likely N-dealkylation sites (N-methyl/N-ethyl adjacent to an activating group) is 1. The Morgan fingerprint density at radius 2 is 1.89 bits per heavy atom. The molecule has 1 rings (SSSR count). The molecule has 102 valence electrons. The Hall–Kier alpha value is -1.29. The lowest BCUT2D eigenvalue weighted by Gasteiger charge is -2.26. The van der Waals surface area contributed by atoms with Gasteiger partial charge in [0, 0.05) is 26.2 Å². The smallest absolute Gasteiger partial charge is 0.0573 e. The molecule has 0 aliphatic rings. The third-order valence-electron chi connectivity index (χ3n) is 2.78. The van der Waals surface area contributed by atoms with E-state index < -0.39 is 0 Å². The van der Waals surface area contributed by atoms with Gasteiger partial charge in [-0.3, -0.25) is 4.98 Å². The first-order chi connectivity index (χ1) is 8.67. The fraction of sp³-hybridized carbons (Fsp3) is 0.643. The molecule has 0 fully saturated rings. The molecule has 4 heteroatoms. The highest BCUT2D eigenvalue weighted by Crippen LogP contribution is 2.17. The van der Waals surface area contributed by atoms with Crippen LogP contribution in [-0.2, 0) is 0 Å². The molecule has 0 atom stereocenters. The van der Waals surface area contributed by atoms with Crippen LogP contribution in [0.2, 0.25) is 0 Å². The van der Waals surface area contributed by atoms with Gasteiger partial charge >= 0.3 is 0 Å². The topological polar surface area (TPSA) is 31.4 Å². The highest BCUT2D eigenvalue weighted by atomic mass is 15.2. The largest absolute Gasteiger partial charge is 0.384 e. The summed E-state index contributed by atoms with van der Waals surface area (Å²) in [6.07, 6.45) is 4.98. The molecular formula is C14H26N4. The second-order valence-corrected chi connectivity index (χ2v) is 4.75. The minimum absolute atomic E-state index is 0.927. The van der Waals surface area contributed by atoms with Crippen LogP contribution in [0.4, 0.5) is 11.4 Å². The van der Waals surface area contributed by atoms with E-state index in [0.717, 1.165) is 38.3 Å². The van der Waals surface area contributed by atoms with Crippen LogP contribution in [0.15, 0.2) is 18.5 Å². The van der Waals surface area contributed by atoms with E-state index in [9.17, 15) is 0 Å². The van der Waals surface area contributed by atoms with Gasteiger partial charge in [0.05, 0.1) is 23.8 Å². The summed E-state index contributed by atoms with van der Waals surface area (Å²) in [6, 6.07) is 2.18. The maximum atomic E-state index is 4.32. The van der Waals surface area contributed by atoms with Crippen molar-refractivity contribution in [3.05, 3.63) is 18.5 Å². The van der Waals surface area contributed by atoms with Gasteiger partial charge in [-0.05, 0) is 33.5 Å². The predicted octanol–water partition coefficient (Wildman–Crippen LogP) is 2.29. The summed E-state index contributed by atoms with van der Waals surface area (Å²) >= 11 is 0. The molecule has 0 aliphatic carbocycles. The van der Waals surface area contributed by atoms with E-state index in [1.807, 2.05) is 12.4 Å². The molecule has 0 spiro atoms. The number of hydrogen-bond acceptors (Lipinski definition) is 4. The molecular weight excluding hydrogens is 224 g/mol. The van der Waals surface area contributed by atoms with E-state index in [1.165, 1.54) is 5.69 Å². The number of hydrogen-bond donors (Lipinski definition) is 1. The van der Waals surface area contributed by atoms with Crippen LogP contribution in [-0.4, -0.2) is 50.2 Å². The molecule has 0 saturated carbocycles. The zero-order valence-corrected chi connectivity index (χ0v) is 12.1. The maximum Gasteiger partial charge on any atom is 0.0573 e. The molecule has 4 nitrogen and oxygen atoms in total. The second kappa shape index (κ2) is 7.93. The molecule has 0 unspecified atom stereocenters. The lowest BCUT2D eigenvalue weighted by molar-refractivity contribution is 0.413. The van der Waals surface area contributed by atoms with Crippen LogP contribution in [0.1, 0.15) is 20.3 Å². The van der Waals surface area contributed by atoms with E-state index in [0.29, 0.717) is 0 Å². The molecule has 1 aromatic rings. The summed E-state index contributed by atoms with van der Waals surface area (Å²) in [6.45, 7) is 8.41. The maximum absolute atomic E-state index is 4.32. The standard InChI is InChI=1S/C14H26N4/c1-5-7-18(9-8-17(3)4)14-10-13(16-6-2)11-15-12-14/h10-12,16H,5-9H2,1-4H3. The zero-order chi connectivity index (χ0) is 13.4. The molecule has 0 aromatic carbocycles. The summed E-state index contributed by atoms with van der Waals surface area (Å²) in [5.74, 6) is 0. The lowest BCUT2D eigenvalue weighted by atomic mass is 10.3. The van der Waals surface area contributed by atoms with Crippen molar-refractivity contribution in [3.8, 4) is 0 Å². The predicted molar refractivity (Wildman–Crippen MR) is 79.5 cm³/mol. The van der Waals surface area contributed by atoms with Gasteiger partial charge in [-0.25, -0.2) is 0 Å². The Kier molecular flexibility index (Phi) is 6.50. The van der Waals surface area contributed by atoms with Gasteiger partial charge < -0.3 is 15.1 Å². The van der Waals surface area contributed by atoms with E-state index in [2.05, 4.69) is 54.1 Å². The number of anilines is 2. The van der Waals surface area contributed by atoms with Gasteiger partial charge in [-0.2, -0.15) is 0 Å². The molecule has 1 heterocycles. The Bertz CT molecular complexity index is 338. The zero-order valence-electron chi connectivity index (χ0n) is 12.1. The fourth-order valence-electron chi connectivity index (χ4n) is 1.86. The van der Waals surface area contributed by atoms with Crippen molar-refractivity contribution in [3.63, 3.8) is 0 Å². The molecule has 1 N–H and O–H groups in total. The molecule has 0 amide bonds. The van der Waals surface area contributed by atoms with Crippen LogP contribution >= 0.6 is 0 Å². The first-order valence-electron chi connectivity index (χ1n) is 6.76. The van der Waals surface area contributed by atoms with Crippen molar-refractivity contribution in [1.29, 1.82) is 0 Å². The van der Waals surface area contributed by atoms with E-state index in [4.69, 9.17) is 0 Å². The number of nitrogens with zero attached hydrogens (tertiary/aromatic N) is 3. The van der Waals surface area contributed by atoms with Gasteiger partial charge in [0.15, 0.2) is 0 Å². The summed E-state index contributed by atoms with van der Waals surface area (Å²) in [7, 11) is 4.22. The average Bonchev–Trinajstić information content (AvgIpc) is 2.35. The second-order valence-electron chi connectivity index (χ2n) is 4.75. The molecule has 1 aromatic heterocycles. The number of rotatable bonds is 8. The number of aromatic nitrogens is 1. The van der Waals surface area contributed by atoms with Crippen molar-refractivity contribution >= 4 is 11.4 Å². The Balaban J connectivity index is 2.73. The van der Waals surface area contributed by atoms with Crippen molar-refractivity contribution in [1.82, 2.24) is 9.88 Å². The average molecular weight is 250 g/mol. The highest BCUT2D eigenvalue weighted by molar-refractivity contribution is 5.55. The van der Waals surface area contributed by atoms with Gasteiger partial charge in [-0.1, -0.05) is 6.92 Å². The van der Waals surface area contributed by atoms with Crippen LogP contribution in [0, 0.1) is 0 Å². The van der Waals surface area contributed by atoms with Crippen LogP contribution in [0.3, 0.4) is 0 Å². The highest BCUT2D eigenvalue weighted by Gasteiger charge is 2.07. The minimum atomic E-state index is 0.927. The number of nitrogens with one attached hydrogen (secondary N) is 1. The van der Waals surface area contributed by atoms with E-state index >= 15 is 0 Å². The van der Waals surface area contributed by atoms with Crippen LogP contribution in [0.5, 0.6) is 0 Å². The quantitative estimate of drug-likeness (QED) is 0.767. The monoisotopic (exact) mass is 250 g/mol. The van der Waals surface area contributed by atoms with Crippen molar-refractivity contribution in [2.24, 2.45) is 0 Å². The third-order valence-corrected chi connectivity index (χ3v) is 2.78. The summed E-state index contributed by atoms with van der Waals surface area (Å²) in [5, 5.41) is 3.31. The first-order valence-corrected chi connectivity index (χ1v) is 6.76. The summed E-state index contributed by atoms with van der Waals surface area (Å²) < 4.78 is 0. The van der Waals surface area contributed by atoms with Gasteiger partial charge in [0.1, 0.15) is 0 Å². The van der Waals surface area contributed by atoms with E-state index in [1.54, 1.807) is 0 Å². The minimum Gasteiger partial charge on any atom is -0.384 e. The van der Waals surface area contributed by atoms with E-state index in [-0.39, 0.29) is 0 Å². The van der Waals surface area contributed by atoms with Gasteiger partial charge in [-0.15, -0.1) is 0 Å². The van der Waals surface area contributed by atoms with Crippen LogP contribution in [0.25, 0.3) is 0 Å². The Labute approximate surface area is 111 Å². The van der Waals surface area contributed by atoms with Crippen molar-refractivity contribution in [2.75, 3.05) is 50.5 Å². The Morgan fingerprint density at radius 3 is 2.50 bits per heavy atom. The number of pyridine rings is 1. The first kappa shape index (κ1) is 14.8. The molecule has 18 heavy (non-hydrogen) atoms. The van der Waals surface area contributed by atoms with Crippen molar-refractivity contribution in [2.45, 2.75) is 20.3 Å². The van der Waals surface area contributed by atoms with Gasteiger partial charge in [0.2, 0.25) is 0 Å². The summed E-state index contributed by atoms with van der Waals surface area (Å²) in [5.41, 5.74) is 2.30. The molecule has 0 aliphatic heterocycles. The lowest BCUT2D eigenvalue weighted by Crippen LogP contribution is -2.32. The third kappa shape index (κ3) is 4.92.